The zero-order valence-corrected chi connectivity index (χ0v) is 23.6. The van der Waals surface area contributed by atoms with E-state index in [2.05, 4.69) is 6.92 Å². The van der Waals surface area contributed by atoms with E-state index >= 15 is 0 Å². The lowest BCUT2D eigenvalue weighted by Crippen LogP contribution is -2.14. The standard InChI is InChI=1S/C35H40F4O/c1-3-4-5-6-7-8-23-40-31-22-21-30(34(38)35(31)39)27-16-11-25(12-17-27)13-18-28-19-20-29(33(37)32(28)36)26-14-9-24(2)10-15-26/h9-10,13-15,18-22,25,27H,3-8,11-12,16-17,23H2,1-2H3/b18-13+. The fourth-order valence-corrected chi connectivity index (χ4v) is 5.55. The largest absolute Gasteiger partial charge is 0.490 e. The van der Waals surface area contributed by atoms with Crippen LogP contribution in [-0.2, 0) is 0 Å². The Morgan fingerprint density at radius 2 is 1.43 bits per heavy atom. The van der Waals surface area contributed by atoms with Crippen LogP contribution in [0, 0.1) is 36.1 Å². The summed E-state index contributed by atoms with van der Waals surface area (Å²) in [6, 6.07) is 13.7. The maximum absolute atomic E-state index is 14.9. The van der Waals surface area contributed by atoms with Gasteiger partial charge in [-0.2, -0.15) is 4.39 Å². The fourth-order valence-electron chi connectivity index (χ4n) is 5.55. The Morgan fingerprint density at radius 1 is 0.725 bits per heavy atom. The number of hydrogen-bond acceptors (Lipinski definition) is 1. The Balaban J connectivity index is 1.30. The number of allylic oxidation sites excluding steroid dienone is 1. The van der Waals surface area contributed by atoms with Crippen molar-refractivity contribution in [2.45, 2.75) is 84.0 Å². The van der Waals surface area contributed by atoms with Crippen LogP contribution in [0.15, 0.2) is 54.6 Å². The molecule has 1 fully saturated rings. The highest BCUT2D eigenvalue weighted by Gasteiger charge is 2.26. The summed E-state index contributed by atoms with van der Waals surface area (Å²) in [6.45, 7) is 4.50. The molecule has 0 aromatic heterocycles. The second-order valence-electron chi connectivity index (χ2n) is 11.1. The Hall–Kier alpha value is -3.08. The van der Waals surface area contributed by atoms with Crippen LogP contribution in [0.5, 0.6) is 5.75 Å². The molecule has 3 aromatic carbocycles. The van der Waals surface area contributed by atoms with Crippen molar-refractivity contribution in [1.29, 1.82) is 0 Å². The van der Waals surface area contributed by atoms with Crippen LogP contribution in [0.1, 0.15) is 93.7 Å². The number of ether oxygens (including phenoxy) is 1. The number of unbranched alkanes of at least 4 members (excludes halogenated alkanes) is 5. The molecular formula is C35H40F4O. The number of benzene rings is 3. The number of rotatable bonds is 12. The van der Waals surface area contributed by atoms with E-state index in [1.54, 1.807) is 42.5 Å². The van der Waals surface area contributed by atoms with Crippen LogP contribution < -0.4 is 4.74 Å². The normalized spacial score (nSPS) is 17.4. The van der Waals surface area contributed by atoms with Gasteiger partial charge in [0.15, 0.2) is 23.2 Å². The van der Waals surface area contributed by atoms with E-state index in [0.717, 1.165) is 37.7 Å². The number of aryl methyl sites for hydroxylation is 1. The van der Waals surface area contributed by atoms with Crippen LogP contribution in [-0.4, -0.2) is 6.61 Å². The summed E-state index contributed by atoms with van der Waals surface area (Å²) in [6.07, 6.45) is 13.1. The molecule has 0 spiro atoms. The van der Waals surface area contributed by atoms with Crippen molar-refractivity contribution in [2.75, 3.05) is 6.61 Å². The van der Waals surface area contributed by atoms with Gasteiger partial charge < -0.3 is 4.74 Å². The molecule has 214 valence electrons. The minimum atomic E-state index is -0.905. The lowest BCUT2D eigenvalue weighted by Gasteiger charge is -2.27. The van der Waals surface area contributed by atoms with Crippen molar-refractivity contribution in [3.8, 4) is 16.9 Å². The maximum Gasteiger partial charge on any atom is 0.200 e. The summed E-state index contributed by atoms with van der Waals surface area (Å²) < 4.78 is 64.8. The SMILES string of the molecule is CCCCCCCCOc1ccc(C2CCC(/C=C/c3ccc(-c4ccc(C)cc4)c(F)c3F)CC2)c(F)c1F. The van der Waals surface area contributed by atoms with E-state index < -0.39 is 23.3 Å². The third kappa shape index (κ3) is 7.56. The minimum Gasteiger partial charge on any atom is -0.490 e. The summed E-state index contributed by atoms with van der Waals surface area (Å²) >= 11 is 0. The van der Waals surface area contributed by atoms with Gasteiger partial charge >= 0.3 is 0 Å². The highest BCUT2D eigenvalue weighted by Crippen LogP contribution is 2.39. The predicted molar refractivity (Wildman–Crippen MR) is 155 cm³/mol. The lowest BCUT2D eigenvalue weighted by atomic mass is 9.78. The lowest BCUT2D eigenvalue weighted by molar-refractivity contribution is 0.282. The highest BCUT2D eigenvalue weighted by atomic mass is 19.2. The quantitative estimate of drug-likeness (QED) is 0.160. The molecule has 0 atom stereocenters. The molecule has 1 nitrogen and oxygen atoms in total. The van der Waals surface area contributed by atoms with E-state index in [1.807, 2.05) is 25.1 Å². The van der Waals surface area contributed by atoms with Crippen molar-refractivity contribution in [2.24, 2.45) is 5.92 Å². The van der Waals surface area contributed by atoms with E-state index in [9.17, 15) is 17.6 Å². The van der Waals surface area contributed by atoms with E-state index in [1.165, 1.54) is 19.3 Å². The second kappa shape index (κ2) is 14.5. The Bertz CT molecular complexity index is 1270. The summed E-state index contributed by atoms with van der Waals surface area (Å²) in [5.74, 6) is -3.36. The van der Waals surface area contributed by atoms with Gasteiger partial charge in [0.25, 0.3) is 0 Å². The molecule has 0 unspecified atom stereocenters. The first-order valence-corrected chi connectivity index (χ1v) is 14.7. The molecule has 4 rings (SSSR count). The van der Waals surface area contributed by atoms with Crippen LogP contribution in [0.4, 0.5) is 17.6 Å². The second-order valence-corrected chi connectivity index (χ2v) is 11.1. The van der Waals surface area contributed by atoms with Crippen molar-refractivity contribution in [3.63, 3.8) is 0 Å². The molecule has 0 aliphatic heterocycles. The molecule has 0 heterocycles. The Morgan fingerprint density at radius 3 is 2.15 bits per heavy atom. The molecule has 0 bridgehead atoms. The molecule has 40 heavy (non-hydrogen) atoms. The van der Waals surface area contributed by atoms with Gasteiger partial charge in [0.2, 0.25) is 5.82 Å². The van der Waals surface area contributed by atoms with Gasteiger partial charge in [-0.1, -0.05) is 99.2 Å². The molecule has 1 saturated carbocycles. The number of hydrogen-bond donors (Lipinski definition) is 0. The molecule has 0 saturated heterocycles. The summed E-state index contributed by atoms with van der Waals surface area (Å²) in [7, 11) is 0. The monoisotopic (exact) mass is 552 g/mol. The smallest absolute Gasteiger partial charge is 0.200 e. The predicted octanol–water partition coefficient (Wildman–Crippen LogP) is 10.9. The zero-order chi connectivity index (χ0) is 28.5. The van der Waals surface area contributed by atoms with Crippen LogP contribution in [0.3, 0.4) is 0 Å². The molecule has 0 radical (unpaired) electrons. The molecular weight excluding hydrogens is 512 g/mol. The molecule has 5 heteroatoms. The molecule has 1 aliphatic carbocycles. The van der Waals surface area contributed by atoms with E-state index in [4.69, 9.17) is 4.74 Å². The van der Waals surface area contributed by atoms with Gasteiger partial charge in [-0.05, 0) is 68.1 Å². The van der Waals surface area contributed by atoms with Crippen LogP contribution in [0.25, 0.3) is 17.2 Å². The molecule has 1 aliphatic rings. The van der Waals surface area contributed by atoms with E-state index in [-0.39, 0.29) is 28.7 Å². The molecule has 3 aromatic rings. The van der Waals surface area contributed by atoms with Crippen molar-refractivity contribution < 1.29 is 22.3 Å². The molecule has 0 amide bonds. The average molecular weight is 553 g/mol. The summed E-state index contributed by atoms with van der Waals surface area (Å²) in [5, 5.41) is 0. The first-order valence-electron chi connectivity index (χ1n) is 14.7. The highest BCUT2D eigenvalue weighted by molar-refractivity contribution is 5.67. The van der Waals surface area contributed by atoms with Gasteiger partial charge in [0, 0.05) is 11.1 Å². The first-order chi connectivity index (χ1) is 19.4. The summed E-state index contributed by atoms with van der Waals surface area (Å²) in [4.78, 5) is 0. The van der Waals surface area contributed by atoms with Crippen LogP contribution in [0.2, 0.25) is 0 Å². The molecule has 0 N–H and O–H groups in total. The zero-order valence-electron chi connectivity index (χ0n) is 23.6. The van der Waals surface area contributed by atoms with Gasteiger partial charge in [-0.25, -0.2) is 13.2 Å². The fraction of sp³-hybridized carbons (Fsp3) is 0.429. The minimum absolute atomic E-state index is 0.0194. The van der Waals surface area contributed by atoms with Crippen molar-refractivity contribution >= 4 is 6.08 Å². The Labute approximate surface area is 236 Å². The summed E-state index contributed by atoms with van der Waals surface area (Å²) in [5.41, 5.74) is 2.53. The Kier molecular flexibility index (Phi) is 10.9. The maximum atomic E-state index is 14.9. The topological polar surface area (TPSA) is 9.23 Å². The van der Waals surface area contributed by atoms with Gasteiger partial charge in [0.05, 0.1) is 6.61 Å². The van der Waals surface area contributed by atoms with Gasteiger partial charge in [-0.3, -0.25) is 0 Å². The van der Waals surface area contributed by atoms with Gasteiger partial charge in [-0.15, -0.1) is 0 Å². The van der Waals surface area contributed by atoms with E-state index in [0.29, 0.717) is 30.6 Å². The first kappa shape index (κ1) is 29.9. The third-order valence-electron chi connectivity index (χ3n) is 8.07. The third-order valence-corrected chi connectivity index (χ3v) is 8.07. The van der Waals surface area contributed by atoms with Crippen molar-refractivity contribution in [1.82, 2.24) is 0 Å². The van der Waals surface area contributed by atoms with Gasteiger partial charge in [0.1, 0.15) is 0 Å². The van der Waals surface area contributed by atoms with Crippen LogP contribution >= 0.6 is 0 Å². The van der Waals surface area contributed by atoms with Crippen molar-refractivity contribution in [3.05, 3.63) is 94.6 Å². The average Bonchev–Trinajstić information content (AvgIpc) is 2.96. The number of halogens is 4.